The molecule has 0 amide bonds. The molecule has 0 saturated carbocycles. The first-order valence-corrected chi connectivity index (χ1v) is 7.12. The fraction of sp³-hybridized carbons (Fsp3) is 0.714. The maximum Gasteiger partial charge on any atom is 0.311 e. The average molecular weight is 270 g/mol. The molecule has 5 heteroatoms. The summed E-state index contributed by atoms with van der Waals surface area (Å²) >= 11 is 0. The Bertz CT molecular complexity index is 407. The zero-order valence-electron chi connectivity index (χ0n) is 11.6. The SMILES string of the molecule is CCCCCCCCCCOc1nc(=O)c(F)c[nH]1. The van der Waals surface area contributed by atoms with Gasteiger partial charge >= 0.3 is 5.56 Å². The molecule has 108 valence electrons. The summed E-state index contributed by atoms with van der Waals surface area (Å²) in [4.78, 5) is 16.8. The fourth-order valence-electron chi connectivity index (χ4n) is 1.84. The molecular formula is C14H23FN2O2. The first-order chi connectivity index (χ1) is 9.24. The fourth-order valence-corrected chi connectivity index (χ4v) is 1.84. The predicted octanol–water partition coefficient (Wildman–Crippen LogP) is 3.43. The Morgan fingerprint density at radius 1 is 1.16 bits per heavy atom. The van der Waals surface area contributed by atoms with Crippen LogP contribution in [0.1, 0.15) is 58.3 Å². The first kappa shape index (κ1) is 15.7. The molecule has 0 fully saturated rings. The van der Waals surface area contributed by atoms with Crippen molar-refractivity contribution >= 4 is 0 Å². The van der Waals surface area contributed by atoms with Gasteiger partial charge in [-0.15, -0.1) is 0 Å². The quantitative estimate of drug-likeness (QED) is 0.663. The topological polar surface area (TPSA) is 55.0 Å². The number of H-pyrrole nitrogens is 1. The predicted molar refractivity (Wildman–Crippen MR) is 72.9 cm³/mol. The third-order valence-electron chi connectivity index (χ3n) is 2.97. The van der Waals surface area contributed by atoms with Crippen LogP contribution in [-0.4, -0.2) is 16.6 Å². The van der Waals surface area contributed by atoms with E-state index in [2.05, 4.69) is 16.9 Å². The third kappa shape index (κ3) is 6.94. The molecule has 0 spiro atoms. The van der Waals surface area contributed by atoms with Crippen molar-refractivity contribution < 1.29 is 9.13 Å². The summed E-state index contributed by atoms with van der Waals surface area (Å²) in [6, 6.07) is 0.0920. The van der Waals surface area contributed by atoms with E-state index in [0.29, 0.717) is 6.61 Å². The number of hydrogen-bond donors (Lipinski definition) is 1. The van der Waals surface area contributed by atoms with Crippen LogP contribution in [0.25, 0.3) is 0 Å². The number of rotatable bonds is 10. The minimum Gasteiger partial charge on any atom is -0.465 e. The molecule has 1 aromatic rings. The number of aromatic nitrogens is 2. The molecule has 0 aliphatic rings. The van der Waals surface area contributed by atoms with Gasteiger partial charge in [-0.05, 0) is 6.42 Å². The highest BCUT2D eigenvalue weighted by molar-refractivity contribution is 4.96. The van der Waals surface area contributed by atoms with Crippen molar-refractivity contribution in [3.63, 3.8) is 0 Å². The van der Waals surface area contributed by atoms with Crippen LogP contribution >= 0.6 is 0 Å². The second-order valence-electron chi connectivity index (χ2n) is 4.68. The van der Waals surface area contributed by atoms with Gasteiger partial charge in [-0.1, -0.05) is 51.9 Å². The van der Waals surface area contributed by atoms with E-state index in [4.69, 9.17) is 4.74 Å². The Hall–Kier alpha value is -1.39. The number of aromatic amines is 1. The molecule has 1 rings (SSSR count). The number of halogens is 1. The molecule has 4 nitrogen and oxygen atoms in total. The molecule has 0 unspecified atom stereocenters. The molecule has 0 aliphatic carbocycles. The Balaban J connectivity index is 2.01. The van der Waals surface area contributed by atoms with Gasteiger partial charge in [-0.2, -0.15) is 9.37 Å². The van der Waals surface area contributed by atoms with E-state index in [9.17, 15) is 9.18 Å². The lowest BCUT2D eigenvalue weighted by molar-refractivity contribution is 0.278. The van der Waals surface area contributed by atoms with Crippen molar-refractivity contribution in [2.24, 2.45) is 0 Å². The van der Waals surface area contributed by atoms with Gasteiger partial charge in [0.25, 0.3) is 6.01 Å². The van der Waals surface area contributed by atoms with Gasteiger partial charge < -0.3 is 9.72 Å². The summed E-state index contributed by atoms with van der Waals surface area (Å²) in [5.74, 6) is -0.889. The van der Waals surface area contributed by atoms with Crippen LogP contribution in [0.5, 0.6) is 6.01 Å². The van der Waals surface area contributed by atoms with E-state index >= 15 is 0 Å². The number of unbranched alkanes of at least 4 members (excludes halogenated alkanes) is 7. The average Bonchev–Trinajstić information content (AvgIpc) is 2.41. The Labute approximate surface area is 113 Å². The zero-order chi connectivity index (χ0) is 13.9. The van der Waals surface area contributed by atoms with E-state index in [-0.39, 0.29) is 6.01 Å². The first-order valence-electron chi connectivity index (χ1n) is 7.12. The second-order valence-corrected chi connectivity index (χ2v) is 4.68. The van der Waals surface area contributed by atoms with E-state index in [1.54, 1.807) is 0 Å². The minimum atomic E-state index is -0.889. The lowest BCUT2D eigenvalue weighted by Gasteiger charge is -2.04. The molecule has 1 heterocycles. The highest BCUT2D eigenvalue weighted by Crippen LogP contribution is 2.08. The molecule has 19 heavy (non-hydrogen) atoms. The summed E-state index contributed by atoms with van der Waals surface area (Å²) in [5.41, 5.74) is -0.885. The second kappa shape index (κ2) is 9.53. The number of ether oxygens (including phenoxy) is 1. The molecule has 0 aliphatic heterocycles. The number of nitrogens with one attached hydrogen (secondary N) is 1. The molecule has 0 bridgehead atoms. The van der Waals surface area contributed by atoms with Gasteiger partial charge in [0.05, 0.1) is 6.61 Å². The van der Waals surface area contributed by atoms with E-state index in [1.165, 1.54) is 38.5 Å². The van der Waals surface area contributed by atoms with Crippen molar-refractivity contribution in [2.75, 3.05) is 6.61 Å². The highest BCUT2D eigenvalue weighted by atomic mass is 19.1. The van der Waals surface area contributed by atoms with Gasteiger partial charge in [0.2, 0.25) is 5.82 Å². The molecular weight excluding hydrogens is 247 g/mol. The Morgan fingerprint density at radius 3 is 2.42 bits per heavy atom. The largest absolute Gasteiger partial charge is 0.465 e. The van der Waals surface area contributed by atoms with Crippen molar-refractivity contribution in [3.05, 3.63) is 22.4 Å². The van der Waals surface area contributed by atoms with Crippen LogP contribution in [0.3, 0.4) is 0 Å². The summed E-state index contributed by atoms with van der Waals surface area (Å²) in [7, 11) is 0. The van der Waals surface area contributed by atoms with Gasteiger partial charge in [-0.25, -0.2) is 0 Å². The lowest BCUT2D eigenvalue weighted by atomic mass is 10.1. The van der Waals surface area contributed by atoms with Crippen LogP contribution in [0, 0.1) is 5.82 Å². The maximum atomic E-state index is 12.7. The molecule has 1 aromatic heterocycles. The highest BCUT2D eigenvalue weighted by Gasteiger charge is 2.01. The van der Waals surface area contributed by atoms with E-state index < -0.39 is 11.4 Å². The van der Waals surface area contributed by atoms with E-state index in [0.717, 1.165) is 19.0 Å². The van der Waals surface area contributed by atoms with Crippen molar-refractivity contribution in [2.45, 2.75) is 58.3 Å². The van der Waals surface area contributed by atoms with Crippen molar-refractivity contribution in [1.29, 1.82) is 0 Å². The zero-order valence-corrected chi connectivity index (χ0v) is 11.6. The summed E-state index contributed by atoms with van der Waals surface area (Å²) in [6.07, 6.45) is 10.7. The normalized spacial score (nSPS) is 10.6. The molecule has 1 N–H and O–H groups in total. The third-order valence-corrected chi connectivity index (χ3v) is 2.97. The molecule has 0 radical (unpaired) electrons. The van der Waals surface area contributed by atoms with Crippen LogP contribution < -0.4 is 10.3 Å². The van der Waals surface area contributed by atoms with Gasteiger partial charge in [0.15, 0.2) is 0 Å². The van der Waals surface area contributed by atoms with E-state index in [1.807, 2.05) is 0 Å². The monoisotopic (exact) mass is 270 g/mol. The Morgan fingerprint density at radius 2 is 1.79 bits per heavy atom. The number of nitrogens with zero attached hydrogens (tertiary/aromatic N) is 1. The smallest absolute Gasteiger partial charge is 0.311 e. The lowest BCUT2D eigenvalue weighted by Crippen LogP contribution is -2.13. The summed E-state index contributed by atoms with van der Waals surface area (Å²) in [5, 5.41) is 0. The van der Waals surface area contributed by atoms with Crippen LogP contribution in [0.2, 0.25) is 0 Å². The molecule has 0 aromatic carbocycles. The minimum absolute atomic E-state index is 0.0920. The standard InChI is InChI=1S/C14H23FN2O2/c1-2-3-4-5-6-7-8-9-10-19-14-16-11-12(15)13(18)17-14/h11H,2-10H2,1H3,(H,16,17,18). The van der Waals surface area contributed by atoms with Crippen LogP contribution in [-0.2, 0) is 0 Å². The molecule has 0 saturated heterocycles. The summed E-state index contributed by atoms with van der Waals surface area (Å²) in [6.45, 7) is 2.72. The Kier molecular flexibility index (Phi) is 7.86. The summed E-state index contributed by atoms with van der Waals surface area (Å²) < 4.78 is 17.9. The van der Waals surface area contributed by atoms with Crippen LogP contribution in [0.4, 0.5) is 4.39 Å². The van der Waals surface area contributed by atoms with Gasteiger partial charge in [0, 0.05) is 6.20 Å². The van der Waals surface area contributed by atoms with Crippen molar-refractivity contribution in [1.82, 2.24) is 9.97 Å². The number of hydrogen-bond acceptors (Lipinski definition) is 3. The van der Waals surface area contributed by atoms with Crippen molar-refractivity contribution in [3.8, 4) is 6.01 Å². The maximum absolute atomic E-state index is 12.7. The van der Waals surface area contributed by atoms with Gasteiger partial charge in [0.1, 0.15) is 0 Å². The van der Waals surface area contributed by atoms with Gasteiger partial charge in [-0.3, -0.25) is 4.79 Å². The van der Waals surface area contributed by atoms with Crippen LogP contribution in [0.15, 0.2) is 11.0 Å². The molecule has 0 atom stereocenters.